The van der Waals surface area contributed by atoms with Crippen molar-refractivity contribution in [3.05, 3.63) is 24.0 Å². The molecule has 0 spiro atoms. The van der Waals surface area contributed by atoms with Crippen molar-refractivity contribution in [1.29, 1.82) is 0 Å². The lowest BCUT2D eigenvalue weighted by Crippen LogP contribution is -2.73. The van der Waals surface area contributed by atoms with Crippen molar-refractivity contribution in [2.75, 3.05) is 39.8 Å². The first-order chi connectivity index (χ1) is 16.0. The van der Waals surface area contributed by atoms with Crippen LogP contribution in [0.5, 0.6) is 5.75 Å². The quantitative estimate of drug-likeness (QED) is 0.661. The second-order valence-electron chi connectivity index (χ2n) is 10.0. The van der Waals surface area contributed by atoms with Gasteiger partial charge in [0.15, 0.2) is 11.6 Å². The van der Waals surface area contributed by atoms with E-state index < -0.39 is 5.82 Å². The van der Waals surface area contributed by atoms with Gasteiger partial charge in [-0.3, -0.25) is 4.90 Å². The van der Waals surface area contributed by atoms with E-state index in [4.69, 9.17) is 21.2 Å². The fraction of sp³-hybridized carbons (Fsp3) is 0.667. The number of piperazine rings is 1. The fourth-order valence-corrected chi connectivity index (χ4v) is 6.40. The Labute approximate surface area is 195 Å². The number of guanidine groups is 2. The van der Waals surface area contributed by atoms with Gasteiger partial charge >= 0.3 is 5.96 Å². The van der Waals surface area contributed by atoms with Gasteiger partial charge < -0.3 is 16.2 Å². The molecule has 3 unspecified atom stereocenters. The maximum absolute atomic E-state index is 15.0. The molecule has 4 N–H and O–H groups in total. The monoisotopic (exact) mass is 458 g/mol. The highest BCUT2D eigenvalue weighted by molar-refractivity contribution is 6.01. The lowest BCUT2D eigenvalue weighted by Gasteiger charge is -2.49. The minimum Gasteiger partial charge on any atom is -0.494 e. The van der Waals surface area contributed by atoms with Gasteiger partial charge in [-0.05, 0) is 38.3 Å². The molecule has 180 valence electrons. The van der Waals surface area contributed by atoms with E-state index in [1.165, 1.54) is 45.8 Å². The first-order valence-electron chi connectivity index (χ1n) is 12.4. The molecule has 4 aliphatic rings. The number of halogens is 1. The van der Waals surface area contributed by atoms with Gasteiger partial charge in [0, 0.05) is 43.7 Å². The van der Waals surface area contributed by atoms with Crippen molar-refractivity contribution in [2.24, 2.45) is 27.4 Å². The highest BCUT2D eigenvalue weighted by Crippen LogP contribution is 2.39. The summed E-state index contributed by atoms with van der Waals surface area (Å²) in [5, 5.41) is 0. The minimum atomic E-state index is -0.397. The molecule has 33 heavy (non-hydrogen) atoms. The summed E-state index contributed by atoms with van der Waals surface area (Å²) in [4.78, 5) is 14.3. The van der Waals surface area contributed by atoms with Gasteiger partial charge in [0.1, 0.15) is 5.69 Å². The van der Waals surface area contributed by atoms with E-state index in [2.05, 4.69) is 14.8 Å². The zero-order chi connectivity index (χ0) is 23.0. The van der Waals surface area contributed by atoms with E-state index in [0.29, 0.717) is 17.9 Å². The summed E-state index contributed by atoms with van der Waals surface area (Å²) in [5.41, 5.74) is 13.7. The van der Waals surface area contributed by atoms with Crippen LogP contribution in [-0.2, 0) is 0 Å². The van der Waals surface area contributed by atoms with Crippen LogP contribution in [-0.4, -0.2) is 73.9 Å². The normalized spacial score (nSPS) is 31.7. The summed E-state index contributed by atoms with van der Waals surface area (Å²) >= 11 is 0. The molecule has 8 nitrogen and oxygen atoms in total. The second kappa shape index (κ2) is 9.19. The van der Waals surface area contributed by atoms with Crippen LogP contribution in [0.1, 0.15) is 44.9 Å². The lowest BCUT2D eigenvalue weighted by atomic mass is 9.88. The Morgan fingerprint density at radius 3 is 2.61 bits per heavy atom. The van der Waals surface area contributed by atoms with E-state index >= 15 is 4.39 Å². The van der Waals surface area contributed by atoms with E-state index in [1.54, 1.807) is 12.1 Å². The molecule has 0 amide bonds. The van der Waals surface area contributed by atoms with Crippen LogP contribution < -0.4 is 20.7 Å². The Bertz CT molecular complexity index is 931. The van der Waals surface area contributed by atoms with E-state index in [-0.39, 0.29) is 22.5 Å². The van der Waals surface area contributed by atoms with Crippen LogP contribution in [0, 0.1) is 11.7 Å². The van der Waals surface area contributed by atoms with Gasteiger partial charge in [0.05, 0.1) is 13.7 Å². The zero-order valence-corrected chi connectivity index (χ0v) is 19.6. The smallest absolute Gasteiger partial charge is 0.311 e. The summed E-state index contributed by atoms with van der Waals surface area (Å²) in [6.45, 7) is 4.72. The molecule has 3 aliphatic heterocycles. The molecule has 1 aliphatic carbocycles. The topological polar surface area (TPSA) is 92.5 Å². The highest BCUT2D eigenvalue weighted by atomic mass is 19.1. The summed E-state index contributed by atoms with van der Waals surface area (Å²) in [6.07, 6.45) is 8.10. The number of methoxy groups -OCH3 is 1. The van der Waals surface area contributed by atoms with Crippen LogP contribution >= 0.6 is 0 Å². The lowest BCUT2D eigenvalue weighted by molar-refractivity contribution is 0.0205. The average molecular weight is 459 g/mol. The van der Waals surface area contributed by atoms with Crippen LogP contribution in [0.3, 0.4) is 0 Å². The average Bonchev–Trinajstić information content (AvgIpc) is 3.29. The van der Waals surface area contributed by atoms with Crippen LogP contribution in [0.25, 0.3) is 0 Å². The van der Waals surface area contributed by atoms with Crippen molar-refractivity contribution in [1.82, 2.24) is 14.3 Å². The SMILES string of the molecule is COc1ccc([N+]2(CC3CCCCC3)C(N)=NC(N)=NC2N2CCN3CCCC3C2)cc1F. The molecule has 3 heterocycles. The molecule has 2 saturated heterocycles. The first-order valence-corrected chi connectivity index (χ1v) is 12.4. The number of nitrogens with zero attached hydrogens (tertiary/aromatic N) is 5. The van der Waals surface area contributed by atoms with Crippen molar-refractivity contribution in [2.45, 2.75) is 57.3 Å². The number of rotatable bonds is 5. The Morgan fingerprint density at radius 1 is 1.06 bits per heavy atom. The Kier molecular flexibility index (Phi) is 6.28. The number of benzene rings is 1. The molecule has 3 atom stereocenters. The Hall–Kier alpha value is -2.23. The van der Waals surface area contributed by atoms with Gasteiger partial charge in [-0.25, -0.2) is 9.29 Å². The molecular weight excluding hydrogens is 421 g/mol. The summed E-state index contributed by atoms with van der Waals surface area (Å²) in [6, 6.07) is 5.69. The van der Waals surface area contributed by atoms with Gasteiger partial charge in [-0.15, -0.1) is 4.99 Å². The van der Waals surface area contributed by atoms with Gasteiger partial charge in [0.2, 0.25) is 5.96 Å². The Morgan fingerprint density at radius 2 is 1.85 bits per heavy atom. The third-order valence-corrected chi connectivity index (χ3v) is 8.09. The molecule has 5 rings (SSSR count). The summed E-state index contributed by atoms with van der Waals surface area (Å²) < 4.78 is 20.4. The molecule has 1 aromatic rings. The maximum Gasteiger partial charge on any atom is 0.311 e. The van der Waals surface area contributed by atoms with E-state index in [0.717, 1.165) is 44.7 Å². The van der Waals surface area contributed by atoms with Crippen molar-refractivity contribution < 1.29 is 9.13 Å². The summed E-state index contributed by atoms with van der Waals surface area (Å²) in [5.74, 6) is 0.906. The predicted octanol–water partition coefficient (Wildman–Crippen LogP) is 2.43. The number of nitrogens with two attached hydrogens (primary N) is 2. The van der Waals surface area contributed by atoms with Crippen molar-refractivity contribution in [3.8, 4) is 5.75 Å². The predicted molar refractivity (Wildman–Crippen MR) is 129 cm³/mol. The number of quaternary nitrogens is 1. The number of ether oxygens (including phenoxy) is 1. The van der Waals surface area contributed by atoms with Crippen LogP contribution in [0.15, 0.2) is 28.2 Å². The van der Waals surface area contributed by atoms with E-state index in [1.807, 2.05) is 6.07 Å². The number of hydrogen-bond acceptors (Lipinski definition) is 7. The third kappa shape index (κ3) is 4.11. The van der Waals surface area contributed by atoms with Crippen molar-refractivity contribution in [3.63, 3.8) is 0 Å². The van der Waals surface area contributed by atoms with Crippen LogP contribution in [0.4, 0.5) is 10.1 Å². The van der Waals surface area contributed by atoms with Crippen LogP contribution in [0.2, 0.25) is 0 Å². The molecule has 1 aromatic carbocycles. The number of hydrogen-bond donors (Lipinski definition) is 2. The largest absolute Gasteiger partial charge is 0.494 e. The highest BCUT2D eigenvalue weighted by Gasteiger charge is 2.52. The van der Waals surface area contributed by atoms with E-state index in [9.17, 15) is 0 Å². The molecule has 9 heteroatoms. The first kappa shape index (κ1) is 22.6. The van der Waals surface area contributed by atoms with Gasteiger partial charge in [-0.1, -0.05) is 19.3 Å². The number of fused-ring (bicyclic) bond motifs is 1. The fourth-order valence-electron chi connectivity index (χ4n) is 6.40. The van der Waals surface area contributed by atoms with Gasteiger partial charge in [-0.2, -0.15) is 9.48 Å². The Balaban J connectivity index is 1.58. The molecule has 0 radical (unpaired) electrons. The second-order valence-corrected chi connectivity index (χ2v) is 10.0. The minimum absolute atomic E-state index is 0.206. The van der Waals surface area contributed by atoms with Gasteiger partial charge in [0.25, 0.3) is 6.29 Å². The third-order valence-electron chi connectivity index (χ3n) is 8.09. The molecule has 0 bridgehead atoms. The standard InChI is InChI=1S/C24H37FN7O/c1-33-21-10-9-19(14-20(21)25)32(16-17-6-3-2-4-7-17)23(27)28-22(26)29-24(32)31-13-12-30-11-5-8-18(30)15-31/h9-10,14,17-18,24H,2-8,11-13,15-16H2,1H3,(H4,26,27,28,29)/q+1. The maximum atomic E-state index is 15.0. The molecule has 1 saturated carbocycles. The number of aliphatic imine (C=N–C) groups is 2. The van der Waals surface area contributed by atoms with Crippen molar-refractivity contribution >= 4 is 17.6 Å². The molecule has 0 aromatic heterocycles. The summed E-state index contributed by atoms with van der Waals surface area (Å²) in [7, 11) is 1.48. The molecular formula is C24H37FN7O+. The molecule has 3 fully saturated rings. The zero-order valence-electron chi connectivity index (χ0n) is 19.6.